The molecule has 2 heteroatoms. The maximum absolute atomic E-state index is 3.62. The average Bonchev–Trinajstić information content (AvgIpc) is 2.80. The summed E-state index contributed by atoms with van der Waals surface area (Å²) >= 11 is 0. The van der Waals surface area contributed by atoms with Gasteiger partial charge in [-0.05, 0) is 50.4 Å². The van der Waals surface area contributed by atoms with Crippen molar-refractivity contribution in [2.45, 2.75) is 39.7 Å². The van der Waals surface area contributed by atoms with E-state index in [1.54, 1.807) is 0 Å². The molecule has 0 radical (unpaired) electrons. The third kappa shape index (κ3) is 1.59. The van der Waals surface area contributed by atoms with Crippen LogP contribution in [0.3, 0.4) is 0 Å². The molecule has 1 aliphatic rings. The highest BCUT2D eigenvalue weighted by molar-refractivity contribution is 5.89. The molecule has 1 aromatic carbocycles. The Hall–Kier alpha value is -1.28. The Labute approximate surface area is 102 Å². The molecule has 0 spiro atoms. The Morgan fingerprint density at radius 2 is 2.18 bits per heavy atom. The number of aryl methyl sites for hydroxylation is 3. The Kier molecular flexibility index (Phi) is 2.48. The summed E-state index contributed by atoms with van der Waals surface area (Å²) in [4.78, 5) is 3.62. The van der Waals surface area contributed by atoms with E-state index in [-0.39, 0.29) is 0 Å². The first-order valence-corrected chi connectivity index (χ1v) is 6.55. The molecule has 0 bridgehead atoms. The molecule has 90 valence electrons. The minimum Gasteiger partial charge on any atom is -0.358 e. The third-order valence-electron chi connectivity index (χ3n) is 3.85. The van der Waals surface area contributed by atoms with Gasteiger partial charge in [0, 0.05) is 22.6 Å². The van der Waals surface area contributed by atoms with Crippen molar-refractivity contribution < 1.29 is 0 Å². The minimum atomic E-state index is 0.546. The monoisotopic (exact) mass is 228 g/mol. The van der Waals surface area contributed by atoms with Crippen LogP contribution in [0.5, 0.6) is 0 Å². The van der Waals surface area contributed by atoms with Gasteiger partial charge in [0.1, 0.15) is 0 Å². The van der Waals surface area contributed by atoms with E-state index in [0.717, 1.165) is 6.54 Å². The zero-order valence-corrected chi connectivity index (χ0v) is 10.9. The van der Waals surface area contributed by atoms with Gasteiger partial charge in [-0.15, -0.1) is 0 Å². The summed E-state index contributed by atoms with van der Waals surface area (Å²) in [6.45, 7) is 7.61. The summed E-state index contributed by atoms with van der Waals surface area (Å²) in [7, 11) is 0. The molecule has 1 aromatic heterocycles. The van der Waals surface area contributed by atoms with E-state index >= 15 is 0 Å². The molecular formula is C15H20N2. The van der Waals surface area contributed by atoms with Crippen LogP contribution in [-0.4, -0.2) is 11.5 Å². The van der Waals surface area contributed by atoms with Crippen LogP contribution >= 0.6 is 0 Å². The van der Waals surface area contributed by atoms with Crippen LogP contribution in [0.1, 0.15) is 41.8 Å². The van der Waals surface area contributed by atoms with Crippen LogP contribution in [0.15, 0.2) is 12.1 Å². The summed E-state index contributed by atoms with van der Waals surface area (Å²) in [5.74, 6) is 0. The summed E-state index contributed by atoms with van der Waals surface area (Å²) < 4.78 is 0. The van der Waals surface area contributed by atoms with Gasteiger partial charge in [-0.1, -0.05) is 18.6 Å². The van der Waals surface area contributed by atoms with Crippen LogP contribution in [0.25, 0.3) is 10.9 Å². The number of nitrogens with one attached hydrogen (secondary N) is 2. The van der Waals surface area contributed by atoms with Crippen LogP contribution in [-0.2, 0) is 6.42 Å². The number of hydrogen-bond acceptors (Lipinski definition) is 1. The highest BCUT2D eigenvalue weighted by Gasteiger charge is 2.26. The first-order valence-electron chi connectivity index (χ1n) is 6.55. The Morgan fingerprint density at radius 3 is 2.94 bits per heavy atom. The second-order valence-corrected chi connectivity index (χ2v) is 5.17. The predicted octanol–water partition coefficient (Wildman–Crippen LogP) is 3.38. The van der Waals surface area contributed by atoms with Crippen molar-refractivity contribution in [3.05, 3.63) is 34.5 Å². The van der Waals surface area contributed by atoms with E-state index in [1.807, 2.05) is 0 Å². The number of aromatic amines is 1. The molecule has 1 atom stereocenters. The van der Waals surface area contributed by atoms with Crippen molar-refractivity contribution in [3.8, 4) is 0 Å². The topological polar surface area (TPSA) is 27.8 Å². The first-order chi connectivity index (χ1) is 8.20. The van der Waals surface area contributed by atoms with E-state index in [1.165, 1.54) is 46.1 Å². The van der Waals surface area contributed by atoms with Gasteiger partial charge in [-0.3, -0.25) is 0 Å². The van der Waals surface area contributed by atoms with Crippen molar-refractivity contribution in [2.75, 3.05) is 6.54 Å². The molecule has 0 amide bonds. The smallest absolute Gasteiger partial charge is 0.0489 e. The molecule has 2 aromatic rings. The summed E-state index contributed by atoms with van der Waals surface area (Å²) in [5, 5.41) is 5.03. The number of benzene rings is 1. The van der Waals surface area contributed by atoms with E-state index < -0.39 is 0 Å². The third-order valence-corrected chi connectivity index (χ3v) is 3.85. The Bertz CT molecular complexity index is 566. The lowest BCUT2D eigenvalue weighted by atomic mass is 10.0. The summed E-state index contributed by atoms with van der Waals surface area (Å²) in [5.41, 5.74) is 7.03. The zero-order valence-electron chi connectivity index (χ0n) is 10.9. The largest absolute Gasteiger partial charge is 0.358 e. The molecule has 2 N–H and O–H groups in total. The number of aromatic nitrogens is 1. The lowest BCUT2D eigenvalue weighted by molar-refractivity contribution is 0.551. The minimum absolute atomic E-state index is 0.546. The van der Waals surface area contributed by atoms with Gasteiger partial charge in [0.05, 0.1) is 0 Å². The molecule has 0 fully saturated rings. The molecular weight excluding hydrogens is 208 g/mol. The van der Waals surface area contributed by atoms with Crippen LogP contribution in [0.2, 0.25) is 0 Å². The fourth-order valence-electron chi connectivity index (χ4n) is 3.21. The maximum atomic E-state index is 3.62. The molecule has 1 heterocycles. The molecule has 0 aliphatic heterocycles. The van der Waals surface area contributed by atoms with Crippen LogP contribution in [0.4, 0.5) is 0 Å². The zero-order chi connectivity index (χ0) is 12.0. The lowest BCUT2D eigenvalue weighted by Crippen LogP contribution is -2.18. The van der Waals surface area contributed by atoms with Gasteiger partial charge in [0.2, 0.25) is 0 Å². The standard InChI is InChI=1S/C15H20N2/c1-4-16-12-5-6-13-14(12)11-8-9(2)7-10(3)15(11)17-13/h7-8,12,16-17H,4-6H2,1-3H3. The summed E-state index contributed by atoms with van der Waals surface area (Å²) in [6.07, 6.45) is 2.41. The van der Waals surface area contributed by atoms with Crippen molar-refractivity contribution in [1.82, 2.24) is 10.3 Å². The highest BCUT2D eigenvalue weighted by Crippen LogP contribution is 2.38. The number of rotatable bonds is 2. The quantitative estimate of drug-likeness (QED) is 0.810. The SMILES string of the molecule is CCNC1CCc2[nH]c3c(C)cc(C)cc3c21. The highest BCUT2D eigenvalue weighted by atomic mass is 14.9. The van der Waals surface area contributed by atoms with Crippen molar-refractivity contribution in [1.29, 1.82) is 0 Å². The van der Waals surface area contributed by atoms with Gasteiger partial charge in [0.25, 0.3) is 0 Å². The molecule has 3 rings (SSSR count). The van der Waals surface area contributed by atoms with E-state index in [9.17, 15) is 0 Å². The molecule has 0 saturated carbocycles. The molecule has 17 heavy (non-hydrogen) atoms. The molecule has 0 saturated heterocycles. The Morgan fingerprint density at radius 1 is 1.35 bits per heavy atom. The van der Waals surface area contributed by atoms with Crippen molar-refractivity contribution in [2.24, 2.45) is 0 Å². The van der Waals surface area contributed by atoms with Crippen LogP contribution < -0.4 is 5.32 Å². The van der Waals surface area contributed by atoms with E-state index in [2.05, 4.69) is 43.2 Å². The van der Waals surface area contributed by atoms with Gasteiger partial charge >= 0.3 is 0 Å². The van der Waals surface area contributed by atoms with Crippen LogP contribution in [0, 0.1) is 13.8 Å². The maximum Gasteiger partial charge on any atom is 0.0489 e. The number of H-pyrrole nitrogens is 1. The normalized spacial score (nSPS) is 18.9. The van der Waals surface area contributed by atoms with Crippen molar-refractivity contribution in [3.63, 3.8) is 0 Å². The molecule has 2 nitrogen and oxygen atoms in total. The fraction of sp³-hybridized carbons (Fsp3) is 0.467. The molecule has 1 aliphatic carbocycles. The van der Waals surface area contributed by atoms with E-state index in [4.69, 9.17) is 0 Å². The average molecular weight is 228 g/mol. The first kappa shape index (κ1) is 10.8. The predicted molar refractivity (Wildman–Crippen MR) is 72.5 cm³/mol. The summed E-state index contributed by atoms with van der Waals surface area (Å²) in [6, 6.07) is 5.13. The van der Waals surface area contributed by atoms with Gasteiger partial charge in [-0.25, -0.2) is 0 Å². The second-order valence-electron chi connectivity index (χ2n) is 5.17. The van der Waals surface area contributed by atoms with Gasteiger partial charge < -0.3 is 10.3 Å². The second kappa shape index (κ2) is 3.88. The van der Waals surface area contributed by atoms with Gasteiger partial charge in [-0.2, -0.15) is 0 Å². The number of fused-ring (bicyclic) bond motifs is 3. The van der Waals surface area contributed by atoms with Gasteiger partial charge in [0.15, 0.2) is 0 Å². The number of hydrogen-bond donors (Lipinski definition) is 2. The van der Waals surface area contributed by atoms with Crippen molar-refractivity contribution >= 4 is 10.9 Å². The van der Waals surface area contributed by atoms with E-state index in [0.29, 0.717) is 6.04 Å². The lowest BCUT2D eigenvalue weighted by Gasteiger charge is -2.12. The molecule has 1 unspecified atom stereocenters. The Balaban J connectivity index is 2.22. The fourth-order valence-corrected chi connectivity index (χ4v) is 3.21.